The van der Waals surface area contributed by atoms with Crippen LogP contribution in [0.5, 0.6) is 5.75 Å². The number of aliphatic hydroxyl groups is 2. The Morgan fingerprint density at radius 3 is 2.39 bits per heavy atom. The smallest absolute Gasteiger partial charge is 0.416 e. The number of Topliss-reactive ketones (excluding diaryl/α,β-unsaturated/α-hetero) is 1. The highest BCUT2D eigenvalue weighted by atomic mass is 35.5. The Labute approximate surface area is 336 Å². The van der Waals surface area contributed by atoms with Gasteiger partial charge in [0.15, 0.2) is 5.76 Å². The van der Waals surface area contributed by atoms with Crippen LogP contribution >= 0.6 is 11.6 Å². The Morgan fingerprint density at radius 1 is 0.982 bits per heavy atom. The molecular weight excluding hydrogens is 757 g/mol. The number of hydrogen-bond acceptors (Lipinski definition) is 6. The van der Waals surface area contributed by atoms with Crippen molar-refractivity contribution in [1.82, 2.24) is 4.90 Å². The number of carbonyl (C=O) groups is 2. The molecule has 6 aliphatic rings. The second-order valence-corrected chi connectivity index (χ2v) is 18.0. The van der Waals surface area contributed by atoms with Gasteiger partial charge in [0.25, 0.3) is 0 Å². The highest BCUT2D eigenvalue weighted by Gasteiger charge is 2.74. The first-order valence-corrected chi connectivity index (χ1v) is 20.4. The molecule has 304 valence electrons. The van der Waals surface area contributed by atoms with Gasteiger partial charge in [0.2, 0.25) is 5.78 Å². The molecule has 1 aromatic heterocycles. The number of nitrogens with zero attached hydrogens (tertiary/aromatic N) is 1. The van der Waals surface area contributed by atoms with Crippen LogP contribution in [0.1, 0.15) is 88.3 Å². The van der Waals surface area contributed by atoms with Crippen LogP contribution in [0.3, 0.4) is 0 Å². The number of anilines is 1. The van der Waals surface area contributed by atoms with Gasteiger partial charge < -0.3 is 29.6 Å². The fourth-order valence-corrected chi connectivity index (χ4v) is 12.2. The number of ketones is 1. The van der Waals surface area contributed by atoms with E-state index in [9.17, 15) is 28.2 Å². The molecule has 3 N–H and O–H groups in total. The van der Waals surface area contributed by atoms with Crippen molar-refractivity contribution >= 4 is 29.1 Å². The van der Waals surface area contributed by atoms with Crippen LogP contribution in [0.25, 0.3) is 11.3 Å². The van der Waals surface area contributed by atoms with E-state index in [0.717, 1.165) is 18.6 Å². The first-order valence-electron chi connectivity index (χ1n) is 20.0. The van der Waals surface area contributed by atoms with Gasteiger partial charge in [-0.05, 0) is 123 Å². The first-order chi connectivity index (χ1) is 26.9. The number of benzene rings is 2. The number of fused-ring (bicyclic) bond motifs is 1. The minimum Gasteiger partial charge on any atom is -0.497 e. The molecule has 0 saturated heterocycles. The van der Waals surface area contributed by atoms with Crippen LogP contribution < -0.4 is 10.1 Å². The number of rotatable bonds is 9. The second kappa shape index (κ2) is 13.8. The van der Waals surface area contributed by atoms with Crippen molar-refractivity contribution in [2.75, 3.05) is 25.5 Å². The summed E-state index contributed by atoms with van der Waals surface area (Å²) in [5.41, 5.74) is -3.37. The van der Waals surface area contributed by atoms with Crippen LogP contribution in [0.2, 0.25) is 5.02 Å². The lowest BCUT2D eigenvalue weighted by atomic mass is 9.32. The van der Waals surface area contributed by atoms with Gasteiger partial charge in [-0.2, -0.15) is 13.2 Å². The molecule has 3 saturated carbocycles. The summed E-state index contributed by atoms with van der Waals surface area (Å²) in [6, 6.07) is 12.7. The number of aliphatic hydroxyl groups excluding tert-OH is 1. The molecule has 0 aliphatic heterocycles. The van der Waals surface area contributed by atoms with Gasteiger partial charge in [-0.25, -0.2) is 4.79 Å². The number of carbonyl (C=O) groups excluding carboxylic acids is 2. The van der Waals surface area contributed by atoms with Crippen LogP contribution in [-0.2, 0) is 6.18 Å². The SMILES string of the molecule is CCCN(CC1(O)CCC2C34C=CC5(C=C3C(=O)c3ccc(-c6cc(C(F)(F)F)ccc6Cl)o3)CC(O)CCC5(C)C4CCC21C)C(=O)Nc1ccc(OC)cc1. The Hall–Kier alpha value is -4.06. The summed E-state index contributed by atoms with van der Waals surface area (Å²) in [6.45, 7) is 6.94. The quantitative estimate of drug-likeness (QED) is 0.147. The molecule has 12 heteroatoms. The Morgan fingerprint density at radius 2 is 1.68 bits per heavy atom. The third-order valence-corrected chi connectivity index (χ3v) is 15.2. The molecule has 9 rings (SSSR count). The number of allylic oxidation sites excluding steroid dienone is 4. The van der Waals surface area contributed by atoms with Gasteiger partial charge in [0, 0.05) is 39.6 Å². The van der Waals surface area contributed by atoms with Gasteiger partial charge in [-0.3, -0.25) is 4.79 Å². The molecule has 2 amide bonds. The lowest BCUT2D eigenvalue weighted by Gasteiger charge is -2.71. The Kier molecular flexibility index (Phi) is 9.60. The van der Waals surface area contributed by atoms with Crippen molar-refractivity contribution in [2.45, 2.75) is 90.0 Å². The maximum absolute atomic E-state index is 15.1. The van der Waals surface area contributed by atoms with Crippen molar-refractivity contribution < 1.29 is 42.1 Å². The van der Waals surface area contributed by atoms with Crippen molar-refractivity contribution in [2.24, 2.45) is 33.5 Å². The number of nitrogens with one attached hydrogen (secondary N) is 1. The topological polar surface area (TPSA) is 112 Å². The van der Waals surface area contributed by atoms with E-state index in [2.05, 4.69) is 37.4 Å². The third-order valence-electron chi connectivity index (χ3n) is 14.9. The highest BCUT2D eigenvalue weighted by Crippen LogP contribution is 2.78. The number of alkyl halides is 3. The second-order valence-electron chi connectivity index (χ2n) is 17.6. The zero-order chi connectivity index (χ0) is 40.8. The molecule has 2 bridgehead atoms. The molecule has 3 aromatic rings. The van der Waals surface area contributed by atoms with E-state index in [-0.39, 0.29) is 57.7 Å². The summed E-state index contributed by atoms with van der Waals surface area (Å²) in [6.07, 6.45) is 6.30. The zero-order valence-corrected chi connectivity index (χ0v) is 33.5. The molecule has 1 heterocycles. The number of ether oxygens (including phenoxy) is 1. The fourth-order valence-electron chi connectivity index (χ4n) is 11.9. The average Bonchev–Trinajstić information content (AvgIpc) is 3.77. The summed E-state index contributed by atoms with van der Waals surface area (Å²) in [5, 5.41) is 27.0. The number of halogens is 4. The molecule has 57 heavy (non-hydrogen) atoms. The summed E-state index contributed by atoms with van der Waals surface area (Å²) >= 11 is 6.38. The predicted octanol–water partition coefficient (Wildman–Crippen LogP) is 10.3. The lowest BCUT2D eigenvalue weighted by molar-refractivity contribution is -0.174. The number of furan rings is 1. The molecule has 3 fully saturated rings. The first kappa shape index (κ1) is 39.8. The van der Waals surface area contributed by atoms with Crippen molar-refractivity contribution in [3.8, 4) is 17.1 Å². The van der Waals surface area contributed by atoms with Gasteiger partial charge in [0.05, 0.1) is 35.9 Å². The Balaban J connectivity index is 1.16. The largest absolute Gasteiger partial charge is 0.497 e. The average molecular weight is 807 g/mol. The third kappa shape index (κ3) is 6.00. The van der Waals surface area contributed by atoms with Gasteiger partial charge in [-0.15, -0.1) is 0 Å². The van der Waals surface area contributed by atoms with E-state index in [1.165, 1.54) is 18.2 Å². The highest BCUT2D eigenvalue weighted by molar-refractivity contribution is 6.33. The van der Waals surface area contributed by atoms with E-state index in [1.54, 1.807) is 36.3 Å². The van der Waals surface area contributed by atoms with Gasteiger partial charge in [0.1, 0.15) is 11.5 Å². The van der Waals surface area contributed by atoms with Crippen LogP contribution in [0.4, 0.5) is 23.7 Å². The number of urea groups is 1. The predicted molar refractivity (Wildman–Crippen MR) is 211 cm³/mol. The summed E-state index contributed by atoms with van der Waals surface area (Å²) in [7, 11) is 1.58. The van der Waals surface area contributed by atoms with E-state index >= 15 is 4.79 Å². The molecule has 8 nitrogen and oxygen atoms in total. The zero-order valence-electron chi connectivity index (χ0n) is 32.7. The van der Waals surface area contributed by atoms with Crippen molar-refractivity contribution in [3.05, 3.63) is 94.7 Å². The van der Waals surface area contributed by atoms with Crippen molar-refractivity contribution in [3.63, 3.8) is 0 Å². The number of amides is 2. The molecule has 2 aromatic carbocycles. The Bertz CT molecular complexity index is 2150. The standard InChI is InChI=1S/C45H50ClF3N2O6/c1-5-22-51(39(54)50-28-7-9-30(56-4)10-8-28)26-43(55)19-16-37-41(43,3)18-15-36-40(2)17-14-29(52)24-42(40)20-21-44(36,37)32(25-42)38(53)35-13-12-34(57-35)31-23-27(45(47,48)49)6-11-33(31)46/h6-13,20-21,23,25,29,36-37,52,55H,5,14-19,22,24,26H2,1-4H3,(H,50,54). The van der Waals surface area contributed by atoms with Gasteiger partial charge >= 0.3 is 12.2 Å². The lowest BCUT2D eigenvalue weighted by Crippen LogP contribution is -2.67. The summed E-state index contributed by atoms with van der Waals surface area (Å²) in [5.74, 6) is 0.142. The molecule has 6 aliphatic carbocycles. The number of methoxy groups -OCH3 is 1. The van der Waals surface area contributed by atoms with E-state index in [1.807, 2.05) is 6.92 Å². The summed E-state index contributed by atoms with van der Waals surface area (Å²) < 4.78 is 52.4. The number of hydrogen-bond donors (Lipinski definition) is 3. The van der Waals surface area contributed by atoms with Crippen molar-refractivity contribution in [1.29, 1.82) is 0 Å². The monoisotopic (exact) mass is 806 g/mol. The van der Waals surface area contributed by atoms with E-state index in [4.69, 9.17) is 20.8 Å². The van der Waals surface area contributed by atoms with Crippen LogP contribution in [0, 0.1) is 33.5 Å². The van der Waals surface area contributed by atoms with E-state index in [0.29, 0.717) is 68.5 Å². The van der Waals surface area contributed by atoms with Crippen LogP contribution in [-0.4, -0.2) is 58.8 Å². The van der Waals surface area contributed by atoms with E-state index < -0.39 is 39.7 Å². The molecular formula is C45H50ClF3N2O6. The minimum absolute atomic E-state index is 0.00401. The molecule has 0 radical (unpaired) electrons. The normalized spacial score (nSPS) is 33.9. The molecule has 8 unspecified atom stereocenters. The summed E-state index contributed by atoms with van der Waals surface area (Å²) in [4.78, 5) is 30.6. The van der Waals surface area contributed by atoms with Crippen LogP contribution in [0.15, 0.2) is 82.8 Å². The minimum atomic E-state index is -4.60. The fraction of sp³-hybridized carbons (Fsp3) is 0.511. The maximum atomic E-state index is 15.1. The maximum Gasteiger partial charge on any atom is 0.416 e. The molecule has 8 atom stereocenters. The van der Waals surface area contributed by atoms with Gasteiger partial charge in [-0.1, -0.05) is 50.6 Å². The molecule has 2 spiro atoms.